The molecule has 0 bridgehead atoms. The summed E-state index contributed by atoms with van der Waals surface area (Å²) in [7, 11) is 0. The van der Waals surface area contributed by atoms with E-state index in [4.69, 9.17) is 17.3 Å². The molecule has 0 aliphatic rings. The molecule has 0 unspecified atom stereocenters. The van der Waals surface area contributed by atoms with Crippen LogP contribution in [0.5, 0.6) is 5.75 Å². The van der Waals surface area contributed by atoms with E-state index < -0.39 is 5.54 Å². The van der Waals surface area contributed by atoms with E-state index in [1.54, 1.807) is 6.07 Å². The van der Waals surface area contributed by atoms with Crippen LogP contribution in [-0.2, 0) is 5.54 Å². The van der Waals surface area contributed by atoms with Crippen molar-refractivity contribution in [3.8, 4) is 5.75 Å². The number of rotatable bonds is 1. The minimum absolute atomic E-state index is 0.0766. The van der Waals surface area contributed by atoms with Gasteiger partial charge in [-0.15, -0.1) is 0 Å². The molecule has 0 spiro atoms. The summed E-state index contributed by atoms with van der Waals surface area (Å²) in [6, 6.07) is 5.07. The second-order valence-electron chi connectivity index (χ2n) is 3.36. The molecule has 0 fully saturated rings. The summed E-state index contributed by atoms with van der Waals surface area (Å²) in [5.41, 5.74) is 6.07. The highest BCUT2D eigenvalue weighted by Gasteiger charge is 2.18. The number of aromatic hydroxyl groups is 1. The number of nitrogens with two attached hydrogens (primary N) is 1. The summed E-state index contributed by atoms with van der Waals surface area (Å²) >= 11 is 5.85. The maximum absolute atomic E-state index is 9.28. The summed E-state index contributed by atoms with van der Waals surface area (Å²) in [5, 5.41) is 9.61. The van der Waals surface area contributed by atoms with Crippen molar-refractivity contribution in [1.82, 2.24) is 0 Å². The Bertz CT molecular complexity index is 291. The Balaban J connectivity index is 3.26. The number of hydrogen-bond donors (Lipinski definition) is 2. The zero-order valence-corrected chi connectivity index (χ0v) is 7.89. The van der Waals surface area contributed by atoms with Crippen LogP contribution in [0.4, 0.5) is 0 Å². The van der Waals surface area contributed by atoms with Crippen molar-refractivity contribution in [1.29, 1.82) is 0 Å². The van der Waals surface area contributed by atoms with Crippen LogP contribution in [0.2, 0.25) is 5.02 Å². The van der Waals surface area contributed by atoms with Gasteiger partial charge in [0.25, 0.3) is 0 Å². The third-order valence-corrected chi connectivity index (χ3v) is 2.07. The van der Waals surface area contributed by atoms with E-state index in [1.807, 2.05) is 19.9 Å². The van der Waals surface area contributed by atoms with Crippen LogP contribution in [0.1, 0.15) is 19.4 Å². The van der Waals surface area contributed by atoms with Crippen molar-refractivity contribution in [2.75, 3.05) is 0 Å². The van der Waals surface area contributed by atoms with Gasteiger partial charge in [0, 0.05) is 5.54 Å². The van der Waals surface area contributed by atoms with Crippen LogP contribution < -0.4 is 5.73 Å². The van der Waals surface area contributed by atoms with Gasteiger partial charge in [0.15, 0.2) is 0 Å². The normalized spacial score (nSPS) is 11.7. The minimum atomic E-state index is -0.518. The molecule has 66 valence electrons. The van der Waals surface area contributed by atoms with Gasteiger partial charge in [-0.3, -0.25) is 0 Å². The molecule has 12 heavy (non-hydrogen) atoms. The van der Waals surface area contributed by atoms with Gasteiger partial charge in [-0.2, -0.15) is 0 Å². The smallest absolute Gasteiger partial charge is 0.134 e. The molecule has 2 nitrogen and oxygen atoms in total. The Morgan fingerprint density at radius 3 is 2.42 bits per heavy atom. The molecular formula is C9H12ClNO. The fourth-order valence-electron chi connectivity index (χ4n) is 1.02. The minimum Gasteiger partial charge on any atom is -0.506 e. The number of halogens is 1. The predicted molar refractivity (Wildman–Crippen MR) is 50.3 cm³/mol. The average molecular weight is 186 g/mol. The first-order valence-corrected chi connectivity index (χ1v) is 4.07. The van der Waals surface area contributed by atoms with E-state index in [2.05, 4.69) is 0 Å². The molecule has 0 aromatic heterocycles. The van der Waals surface area contributed by atoms with Gasteiger partial charge < -0.3 is 10.8 Å². The van der Waals surface area contributed by atoms with Gasteiger partial charge in [0.05, 0.1) is 5.02 Å². The number of benzene rings is 1. The second-order valence-corrected chi connectivity index (χ2v) is 3.74. The highest BCUT2D eigenvalue weighted by atomic mass is 35.5. The van der Waals surface area contributed by atoms with Crippen LogP contribution in [0.15, 0.2) is 18.2 Å². The van der Waals surface area contributed by atoms with E-state index in [0.29, 0.717) is 5.02 Å². The standard InChI is InChI=1S/C9H12ClNO/c1-9(2,11)6-4-3-5-7(12)8(6)10/h3-5,12H,11H2,1-2H3. The molecule has 3 heteroatoms. The van der Waals surface area contributed by atoms with E-state index in [-0.39, 0.29) is 5.75 Å². The lowest BCUT2D eigenvalue weighted by molar-refractivity contribution is 0.470. The summed E-state index contributed by atoms with van der Waals surface area (Å²) in [5.74, 6) is 0.0766. The maximum Gasteiger partial charge on any atom is 0.134 e. The molecular weight excluding hydrogens is 174 g/mol. The molecule has 0 atom stereocenters. The van der Waals surface area contributed by atoms with Crippen molar-refractivity contribution >= 4 is 11.6 Å². The fraction of sp³-hybridized carbons (Fsp3) is 0.333. The molecule has 1 aromatic rings. The van der Waals surface area contributed by atoms with Gasteiger partial charge in [-0.05, 0) is 25.5 Å². The van der Waals surface area contributed by atoms with Crippen molar-refractivity contribution in [3.63, 3.8) is 0 Å². The van der Waals surface area contributed by atoms with Crippen molar-refractivity contribution in [2.45, 2.75) is 19.4 Å². The Labute approximate surface area is 77.0 Å². The van der Waals surface area contributed by atoms with E-state index >= 15 is 0 Å². The SMILES string of the molecule is CC(C)(N)c1cccc(O)c1Cl. The molecule has 0 aliphatic heterocycles. The Morgan fingerprint density at radius 2 is 2.00 bits per heavy atom. The predicted octanol–water partition coefficient (Wildman–Crippen LogP) is 2.24. The van der Waals surface area contributed by atoms with Crippen LogP contribution in [-0.4, -0.2) is 5.11 Å². The Kier molecular flexibility index (Phi) is 2.31. The zero-order valence-electron chi connectivity index (χ0n) is 7.13. The van der Waals surface area contributed by atoms with E-state index in [9.17, 15) is 5.11 Å². The lowest BCUT2D eigenvalue weighted by Gasteiger charge is -2.20. The van der Waals surface area contributed by atoms with E-state index in [1.165, 1.54) is 6.07 Å². The highest BCUT2D eigenvalue weighted by molar-refractivity contribution is 6.32. The number of phenols is 1. The molecule has 0 saturated carbocycles. The van der Waals surface area contributed by atoms with Gasteiger partial charge in [-0.25, -0.2) is 0 Å². The first-order valence-electron chi connectivity index (χ1n) is 3.70. The molecule has 1 aromatic carbocycles. The largest absolute Gasteiger partial charge is 0.506 e. The second kappa shape index (κ2) is 2.96. The van der Waals surface area contributed by atoms with Crippen LogP contribution >= 0.6 is 11.6 Å². The molecule has 0 aliphatic carbocycles. The Morgan fingerprint density at radius 1 is 1.42 bits per heavy atom. The van der Waals surface area contributed by atoms with Crippen LogP contribution in [0, 0.1) is 0 Å². The fourth-order valence-corrected chi connectivity index (χ4v) is 1.39. The lowest BCUT2D eigenvalue weighted by atomic mass is 9.95. The van der Waals surface area contributed by atoms with Crippen molar-refractivity contribution in [2.24, 2.45) is 5.73 Å². The van der Waals surface area contributed by atoms with Gasteiger partial charge in [-0.1, -0.05) is 23.7 Å². The van der Waals surface area contributed by atoms with Crippen molar-refractivity contribution < 1.29 is 5.11 Å². The molecule has 3 N–H and O–H groups in total. The number of phenolic OH excluding ortho intramolecular Hbond substituents is 1. The quantitative estimate of drug-likeness (QED) is 0.705. The number of hydrogen-bond acceptors (Lipinski definition) is 2. The van der Waals surface area contributed by atoms with Gasteiger partial charge >= 0.3 is 0 Å². The molecule has 1 rings (SSSR count). The summed E-state index contributed by atoms with van der Waals surface area (Å²) < 4.78 is 0. The van der Waals surface area contributed by atoms with Crippen LogP contribution in [0.25, 0.3) is 0 Å². The van der Waals surface area contributed by atoms with Gasteiger partial charge in [0.1, 0.15) is 5.75 Å². The zero-order chi connectivity index (χ0) is 9.35. The summed E-state index contributed by atoms with van der Waals surface area (Å²) in [4.78, 5) is 0. The van der Waals surface area contributed by atoms with Crippen LogP contribution in [0.3, 0.4) is 0 Å². The third-order valence-electron chi connectivity index (χ3n) is 1.67. The summed E-state index contributed by atoms with van der Waals surface area (Å²) in [6.45, 7) is 3.68. The summed E-state index contributed by atoms with van der Waals surface area (Å²) in [6.07, 6.45) is 0. The topological polar surface area (TPSA) is 46.2 Å². The monoisotopic (exact) mass is 185 g/mol. The maximum atomic E-state index is 9.28. The lowest BCUT2D eigenvalue weighted by Crippen LogP contribution is -2.28. The first-order chi connectivity index (χ1) is 5.43. The van der Waals surface area contributed by atoms with Gasteiger partial charge in [0.2, 0.25) is 0 Å². The molecule has 0 saturated heterocycles. The molecule has 0 heterocycles. The average Bonchev–Trinajstić information content (AvgIpc) is 1.92. The van der Waals surface area contributed by atoms with E-state index in [0.717, 1.165) is 5.56 Å². The third kappa shape index (κ3) is 1.71. The highest BCUT2D eigenvalue weighted by Crippen LogP contribution is 2.32. The first kappa shape index (κ1) is 9.36. The Hall–Kier alpha value is -0.730. The molecule has 0 radical (unpaired) electrons. The van der Waals surface area contributed by atoms with Crippen molar-refractivity contribution in [3.05, 3.63) is 28.8 Å². The molecule has 0 amide bonds.